The number of aromatic hydroxyl groups is 1. The van der Waals surface area contributed by atoms with E-state index in [1.807, 2.05) is 0 Å². The molecule has 0 saturated carbocycles. The summed E-state index contributed by atoms with van der Waals surface area (Å²) in [6.07, 6.45) is 2.07. The number of hydrogen-bond acceptors (Lipinski definition) is 6. The van der Waals surface area contributed by atoms with Crippen molar-refractivity contribution in [3.63, 3.8) is 0 Å². The van der Waals surface area contributed by atoms with Crippen molar-refractivity contribution in [2.45, 2.75) is 0 Å². The molecule has 0 aliphatic rings. The molecule has 0 spiro atoms. The Balaban J connectivity index is 2.27. The Bertz CT molecular complexity index is 633. The summed E-state index contributed by atoms with van der Waals surface area (Å²) in [6, 6.07) is 4.61. The van der Waals surface area contributed by atoms with Crippen LogP contribution in [0.25, 0.3) is 17.5 Å². The molecule has 1 aromatic heterocycles. The maximum atomic E-state index is 10.3. The highest BCUT2D eigenvalue weighted by molar-refractivity contribution is 5.84. The van der Waals surface area contributed by atoms with Crippen LogP contribution < -0.4 is 4.74 Å². The molecule has 98 valence electrons. The molecule has 0 aliphatic heterocycles. The van der Waals surface area contributed by atoms with Crippen molar-refractivity contribution >= 4 is 12.0 Å². The molecule has 0 saturated heterocycles. The van der Waals surface area contributed by atoms with Crippen LogP contribution in [-0.2, 0) is 4.79 Å². The van der Waals surface area contributed by atoms with E-state index in [-0.39, 0.29) is 17.5 Å². The number of carboxylic acids is 1. The molecule has 0 bridgehead atoms. The second-order valence-corrected chi connectivity index (χ2v) is 3.50. The average molecular weight is 262 g/mol. The summed E-state index contributed by atoms with van der Waals surface area (Å²) < 4.78 is 10.1. The Morgan fingerprint density at radius 1 is 1.42 bits per heavy atom. The fraction of sp³-hybridized carbons (Fsp3) is 0.0833. The lowest BCUT2D eigenvalue weighted by molar-refractivity contribution is -0.131. The van der Waals surface area contributed by atoms with Crippen LogP contribution >= 0.6 is 0 Å². The molecule has 0 atom stereocenters. The number of carboxylic acid groups (broad SMARTS) is 1. The van der Waals surface area contributed by atoms with Crippen LogP contribution in [-0.4, -0.2) is 33.5 Å². The van der Waals surface area contributed by atoms with Gasteiger partial charge in [-0.25, -0.2) is 4.79 Å². The van der Waals surface area contributed by atoms with Gasteiger partial charge in [0.2, 0.25) is 11.8 Å². The van der Waals surface area contributed by atoms with Gasteiger partial charge in [0.1, 0.15) is 0 Å². The van der Waals surface area contributed by atoms with E-state index in [0.717, 1.165) is 6.08 Å². The van der Waals surface area contributed by atoms with Gasteiger partial charge in [-0.05, 0) is 18.2 Å². The van der Waals surface area contributed by atoms with E-state index < -0.39 is 5.97 Å². The van der Waals surface area contributed by atoms with E-state index >= 15 is 0 Å². The zero-order valence-corrected chi connectivity index (χ0v) is 9.90. The monoisotopic (exact) mass is 262 g/mol. The largest absolute Gasteiger partial charge is 0.504 e. The van der Waals surface area contributed by atoms with Crippen LogP contribution in [0.4, 0.5) is 0 Å². The minimum absolute atomic E-state index is 0.0548. The molecule has 0 radical (unpaired) electrons. The normalized spacial score (nSPS) is 10.8. The summed E-state index contributed by atoms with van der Waals surface area (Å²) in [7, 11) is 1.44. The van der Waals surface area contributed by atoms with E-state index in [0.29, 0.717) is 11.3 Å². The SMILES string of the molecule is COc1ccc(-c2nnc(/C=C/C(=O)O)o2)cc1O. The second kappa shape index (κ2) is 5.21. The predicted octanol–water partition coefficient (Wildman–Crippen LogP) is 1.55. The lowest BCUT2D eigenvalue weighted by atomic mass is 10.2. The fourth-order valence-electron chi connectivity index (χ4n) is 1.38. The van der Waals surface area contributed by atoms with Gasteiger partial charge in [0.05, 0.1) is 7.11 Å². The number of carbonyl (C=O) groups is 1. The molecule has 0 fully saturated rings. The summed E-state index contributed by atoms with van der Waals surface area (Å²) in [4.78, 5) is 10.3. The number of phenols is 1. The summed E-state index contributed by atoms with van der Waals surface area (Å²) in [5, 5.41) is 25.5. The average Bonchev–Trinajstić information content (AvgIpc) is 2.85. The first kappa shape index (κ1) is 12.6. The molecule has 1 heterocycles. The Kier molecular flexibility index (Phi) is 3.46. The third-order valence-corrected chi connectivity index (χ3v) is 2.23. The Morgan fingerprint density at radius 2 is 2.21 bits per heavy atom. The Morgan fingerprint density at radius 3 is 2.84 bits per heavy atom. The number of aliphatic carboxylic acids is 1. The quantitative estimate of drug-likeness (QED) is 0.805. The van der Waals surface area contributed by atoms with Gasteiger partial charge in [0.15, 0.2) is 11.5 Å². The van der Waals surface area contributed by atoms with Crippen LogP contribution in [0.2, 0.25) is 0 Å². The van der Waals surface area contributed by atoms with Gasteiger partial charge in [-0.2, -0.15) is 0 Å². The van der Waals surface area contributed by atoms with Crippen molar-refractivity contribution in [1.82, 2.24) is 10.2 Å². The smallest absolute Gasteiger partial charge is 0.328 e. The number of phenolic OH excluding ortho intramolecular Hbond substituents is 1. The summed E-state index contributed by atoms with van der Waals surface area (Å²) >= 11 is 0. The molecule has 1 aromatic carbocycles. The first-order chi connectivity index (χ1) is 9.10. The summed E-state index contributed by atoms with van der Waals surface area (Å²) in [5.41, 5.74) is 0.501. The van der Waals surface area contributed by atoms with Gasteiger partial charge < -0.3 is 19.4 Å². The highest BCUT2D eigenvalue weighted by atomic mass is 16.5. The molecule has 2 N–H and O–H groups in total. The van der Waals surface area contributed by atoms with Crippen molar-refractivity contribution in [3.05, 3.63) is 30.2 Å². The maximum Gasteiger partial charge on any atom is 0.328 e. The number of rotatable bonds is 4. The number of benzene rings is 1. The lowest BCUT2D eigenvalue weighted by Gasteiger charge is -2.03. The van der Waals surface area contributed by atoms with Crippen molar-refractivity contribution in [1.29, 1.82) is 0 Å². The first-order valence-corrected chi connectivity index (χ1v) is 5.22. The molecule has 19 heavy (non-hydrogen) atoms. The standard InChI is InChI=1S/C12H10N2O5/c1-18-9-3-2-7(6-8(9)15)12-14-13-10(19-12)4-5-11(16)17/h2-6,15H,1H3,(H,16,17)/b5-4+. The molecular weight excluding hydrogens is 252 g/mol. The highest BCUT2D eigenvalue weighted by Gasteiger charge is 2.10. The van der Waals surface area contributed by atoms with Crippen molar-refractivity contribution in [2.75, 3.05) is 7.11 Å². The van der Waals surface area contributed by atoms with Crippen LogP contribution in [0.15, 0.2) is 28.7 Å². The minimum Gasteiger partial charge on any atom is -0.504 e. The van der Waals surface area contributed by atoms with E-state index in [9.17, 15) is 9.90 Å². The topological polar surface area (TPSA) is 106 Å². The molecule has 2 rings (SSSR count). The zero-order valence-electron chi connectivity index (χ0n) is 9.90. The summed E-state index contributed by atoms with van der Waals surface area (Å²) in [6.45, 7) is 0. The van der Waals surface area contributed by atoms with Gasteiger partial charge >= 0.3 is 5.97 Å². The van der Waals surface area contributed by atoms with Crippen molar-refractivity contribution in [3.8, 4) is 23.0 Å². The molecular formula is C12H10N2O5. The van der Waals surface area contributed by atoms with Crippen LogP contribution in [0.5, 0.6) is 11.5 Å². The maximum absolute atomic E-state index is 10.3. The van der Waals surface area contributed by atoms with Crippen LogP contribution in [0.3, 0.4) is 0 Å². The highest BCUT2D eigenvalue weighted by Crippen LogP contribution is 2.30. The molecule has 7 nitrogen and oxygen atoms in total. The molecule has 7 heteroatoms. The third-order valence-electron chi connectivity index (χ3n) is 2.23. The Hall–Kier alpha value is -2.83. The molecule has 0 amide bonds. The van der Waals surface area contributed by atoms with E-state index in [2.05, 4.69) is 10.2 Å². The van der Waals surface area contributed by atoms with Gasteiger partial charge in [-0.3, -0.25) is 0 Å². The van der Waals surface area contributed by atoms with Crippen LogP contribution in [0, 0.1) is 0 Å². The van der Waals surface area contributed by atoms with Gasteiger partial charge in [-0.15, -0.1) is 10.2 Å². The van der Waals surface area contributed by atoms with E-state index in [1.165, 1.54) is 19.3 Å². The van der Waals surface area contributed by atoms with Crippen molar-refractivity contribution in [2.24, 2.45) is 0 Å². The fourth-order valence-corrected chi connectivity index (χ4v) is 1.38. The molecule has 0 aliphatic carbocycles. The number of ether oxygens (including phenoxy) is 1. The van der Waals surface area contributed by atoms with Gasteiger partial charge in [0.25, 0.3) is 0 Å². The van der Waals surface area contributed by atoms with E-state index in [4.69, 9.17) is 14.3 Å². The number of nitrogens with zero attached hydrogens (tertiary/aromatic N) is 2. The summed E-state index contributed by atoms with van der Waals surface area (Å²) in [5.74, 6) is -0.604. The van der Waals surface area contributed by atoms with Gasteiger partial charge in [-0.1, -0.05) is 0 Å². The third kappa shape index (κ3) is 2.89. The molecule has 2 aromatic rings. The number of methoxy groups -OCH3 is 1. The second-order valence-electron chi connectivity index (χ2n) is 3.50. The molecule has 0 unspecified atom stereocenters. The zero-order chi connectivity index (χ0) is 13.8. The van der Waals surface area contributed by atoms with Gasteiger partial charge in [0, 0.05) is 17.7 Å². The van der Waals surface area contributed by atoms with Crippen LogP contribution in [0.1, 0.15) is 5.89 Å². The predicted molar refractivity (Wildman–Crippen MR) is 64.6 cm³/mol. The van der Waals surface area contributed by atoms with Crippen molar-refractivity contribution < 1.29 is 24.2 Å². The first-order valence-electron chi connectivity index (χ1n) is 5.22. The number of hydrogen-bond donors (Lipinski definition) is 2. The number of aromatic nitrogens is 2. The van der Waals surface area contributed by atoms with E-state index in [1.54, 1.807) is 12.1 Å². The lowest BCUT2D eigenvalue weighted by Crippen LogP contribution is -1.85. The minimum atomic E-state index is -1.11. The Labute approximate surface area is 107 Å².